The number of nitrogen functional groups attached to an aromatic ring is 1. The van der Waals surface area contributed by atoms with Crippen LogP contribution in [0.15, 0.2) is 35.4 Å². The summed E-state index contributed by atoms with van der Waals surface area (Å²) in [4.78, 5) is 0.131. The van der Waals surface area contributed by atoms with E-state index in [1.165, 1.54) is 23.0 Å². The molecule has 2 aromatic rings. The lowest BCUT2D eigenvalue weighted by molar-refractivity contribution is 0.600. The highest BCUT2D eigenvalue weighted by molar-refractivity contribution is 7.92. The highest BCUT2D eigenvalue weighted by Gasteiger charge is 2.16. The maximum absolute atomic E-state index is 12.1. The second-order valence-corrected chi connectivity index (χ2v) is 5.65. The van der Waals surface area contributed by atoms with E-state index < -0.39 is 10.0 Å². The van der Waals surface area contributed by atoms with Crippen molar-refractivity contribution >= 4 is 21.5 Å². The minimum Gasteiger partial charge on any atom is -0.398 e. The molecule has 0 aliphatic heterocycles. The molecule has 18 heavy (non-hydrogen) atoms. The molecule has 0 atom stereocenters. The van der Waals surface area contributed by atoms with E-state index in [2.05, 4.69) is 9.82 Å². The van der Waals surface area contributed by atoms with Crippen LogP contribution in [0, 0.1) is 6.92 Å². The lowest BCUT2D eigenvalue weighted by atomic mass is 10.2. The van der Waals surface area contributed by atoms with Crippen molar-refractivity contribution in [3.05, 3.63) is 36.0 Å². The number of benzene rings is 1. The first-order valence-electron chi connectivity index (χ1n) is 5.27. The van der Waals surface area contributed by atoms with Crippen molar-refractivity contribution < 1.29 is 8.42 Å². The second kappa shape index (κ2) is 4.34. The monoisotopic (exact) mass is 266 g/mol. The minimum atomic E-state index is -3.64. The molecule has 0 bridgehead atoms. The number of sulfonamides is 1. The Balaban J connectivity index is 2.37. The van der Waals surface area contributed by atoms with Crippen molar-refractivity contribution in [2.24, 2.45) is 7.05 Å². The van der Waals surface area contributed by atoms with E-state index in [1.807, 2.05) is 6.92 Å². The van der Waals surface area contributed by atoms with Crippen LogP contribution in [0.3, 0.4) is 0 Å². The van der Waals surface area contributed by atoms with Gasteiger partial charge in [-0.1, -0.05) is 6.07 Å². The molecule has 0 amide bonds. The molecule has 0 fully saturated rings. The summed E-state index contributed by atoms with van der Waals surface area (Å²) in [5.74, 6) is 0.397. The van der Waals surface area contributed by atoms with Crippen LogP contribution in [0.25, 0.3) is 0 Å². The summed E-state index contributed by atoms with van der Waals surface area (Å²) >= 11 is 0. The average molecular weight is 266 g/mol. The fourth-order valence-corrected chi connectivity index (χ4v) is 2.58. The Morgan fingerprint density at radius 1 is 1.33 bits per heavy atom. The quantitative estimate of drug-likeness (QED) is 0.814. The van der Waals surface area contributed by atoms with E-state index in [9.17, 15) is 8.42 Å². The summed E-state index contributed by atoms with van der Waals surface area (Å²) in [6, 6.07) is 6.21. The van der Waals surface area contributed by atoms with Gasteiger partial charge >= 0.3 is 0 Å². The number of nitrogens with zero attached hydrogens (tertiary/aromatic N) is 2. The largest absolute Gasteiger partial charge is 0.398 e. The summed E-state index contributed by atoms with van der Waals surface area (Å²) in [5, 5.41) is 3.89. The number of hydrogen-bond acceptors (Lipinski definition) is 4. The molecule has 1 heterocycles. The van der Waals surface area contributed by atoms with Crippen LogP contribution in [0.1, 0.15) is 5.56 Å². The molecular weight excluding hydrogens is 252 g/mol. The third-order valence-electron chi connectivity index (χ3n) is 2.62. The van der Waals surface area contributed by atoms with E-state index in [4.69, 9.17) is 5.73 Å². The van der Waals surface area contributed by atoms with Crippen molar-refractivity contribution in [1.29, 1.82) is 0 Å². The minimum absolute atomic E-state index is 0.131. The molecule has 1 aromatic heterocycles. The van der Waals surface area contributed by atoms with E-state index in [-0.39, 0.29) is 4.90 Å². The standard InChI is InChI=1S/C11H14N4O2S/c1-8-3-4-9(7-10(8)12)18(16,17)14-11-5-6-13-15(11)2/h3-7,14H,12H2,1-2H3. The topological polar surface area (TPSA) is 90.0 Å². The maximum Gasteiger partial charge on any atom is 0.263 e. The number of hydrogen-bond donors (Lipinski definition) is 2. The van der Waals surface area contributed by atoms with Crippen LogP contribution in [0.2, 0.25) is 0 Å². The Morgan fingerprint density at radius 2 is 2.06 bits per heavy atom. The molecule has 96 valence electrons. The van der Waals surface area contributed by atoms with Crippen LogP contribution in [0.5, 0.6) is 0 Å². The van der Waals surface area contributed by atoms with Gasteiger partial charge in [0.05, 0.1) is 11.1 Å². The molecule has 0 saturated heterocycles. The van der Waals surface area contributed by atoms with Gasteiger partial charge in [0.2, 0.25) is 0 Å². The van der Waals surface area contributed by atoms with Crippen LogP contribution < -0.4 is 10.5 Å². The first-order valence-corrected chi connectivity index (χ1v) is 6.75. The second-order valence-electron chi connectivity index (χ2n) is 3.96. The van der Waals surface area contributed by atoms with Gasteiger partial charge in [0.15, 0.2) is 0 Å². The van der Waals surface area contributed by atoms with E-state index >= 15 is 0 Å². The highest BCUT2D eigenvalue weighted by atomic mass is 32.2. The summed E-state index contributed by atoms with van der Waals surface area (Å²) in [6.07, 6.45) is 1.52. The molecule has 1 aromatic carbocycles. The molecule has 0 radical (unpaired) electrons. The molecule has 0 spiro atoms. The highest BCUT2D eigenvalue weighted by Crippen LogP contribution is 2.19. The molecule has 0 aliphatic rings. The number of anilines is 2. The van der Waals surface area contributed by atoms with Gasteiger partial charge in [0, 0.05) is 18.8 Å². The molecule has 0 aliphatic carbocycles. The number of nitrogens with two attached hydrogens (primary N) is 1. The fourth-order valence-electron chi connectivity index (χ4n) is 1.46. The summed E-state index contributed by atoms with van der Waals surface area (Å²) in [6.45, 7) is 1.82. The fraction of sp³-hybridized carbons (Fsp3) is 0.182. The van der Waals surface area contributed by atoms with Gasteiger partial charge in [0.25, 0.3) is 10.0 Å². The zero-order chi connectivity index (χ0) is 13.3. The molecule has 0 unspecified atom stereocenters. The van der Waals surface area contributed by atoms with Crippen LogP contribution in [-0.2, 0) is 17.1 Å². The van der Waals surface area contributed by atoms with Gasteiger partial charge in [-0.15, -0.1) is 0 Å². The van der Waals surface area contributed by atoms with E-state index in [1.54, 1.807) is 19.2 Å². The molecule has 7 heteroatoms. The molecule has 3 N–H and O–H groups in total. The van der Waals surface area contributed by atoms with Gasteiger partial charge in [-0.2, -0.15) is 5.10 Å². The summed E-state index contributed by atoms with van der Waals surface area (Å²) in [5.41, 5.74) is 7.00. The average Bonchev–Trinajstić information content (AvgIpc) is 2.67. The Bertz CT molecular complexity index is 676. The van der Waals surface area contributed by atoms with Crippen molar-refractivity contribution in [1.82, 2.24) is 9.78 Å². The smallest absolute Gasteiger partial charge is 0.263 e. The lowest BCUT2D eigenvalue weighted by Crippen LogP contribution is -2.15. The summed E-state index contributed by atoms with van der Waals surface area (Å²) < 4.78 is 28.1. The SMILES string of the molecule is Cc1ccc(S(=O)(=O)Nc2ccnn2C)cc1N. The van der Waals surface area contributed by atoms with E-state index in [0.29, 0.717) is 11.5 Å². The molecular formula is C11H14N4O2S. The summed E-state index contributed by atoms with van der Waals surface area (Å²) in [7, 11) is -1.98. The predicted molar refractivity (Wildman–Crippen MR) is 69.6 cm³/mol. The molecule has 0 saturated carbocycles. The van der Waals surface area contributed by atoms with Crippen LogP contribution in [0.4, 0.5) is 11.5 Å². The third-order valence-corrected chi connectivity index (χ3v) is 3.97. The van der Waals surface area contributed by atoms with Crippen LogP contribution >= 0.6 is 0 Å². The van der Waals surface area contributed by atoms with Gasteiger partial charge in [0.1, 0.15) is 5.82 Å². The number of nitrogens with one attached hydrogen (secondary N) is 1. The predicted octanol–water partition coefficient (Wildman–Crippen LogP) is 1.11. The zero-order valence-corrected chi connectivity index (χ0v) is 10.9. The number of rotatable bonds is 3. The number of aryl methyl sites for hydroxylation is 2. The Kier molecular flexibility index (Phi) is 3.00. The first-order chi connectivity index (χ1) is 8.40. The zero-order valence-electron chi connectivity index (χ0n) is 10.1. The van der Waals surface area contributed by atoms with Crippen LogP contribution in [-0.4, -0.2) is 18.2 Å². The Hall–Kier alpha value is -2.02. The first kappa shape index (κ1) is 12.4. The van der Waals surface area contributed by atoms with Gasteiger partial charge < -0.3 is 5.73 Å². The number of aromatic nitrogens is 2. The molecule has 6 nitrogen and oxygen atoms in total. The Morgan fingerprint density at radius 3 is 2.61 bits per heavy atom. The van der Waals surface area contributed by atoms with Crippen molar-refractivity contribution in [3.63, 3.8) is 0 Å². The Labute approximate surface area is 105 Å². The lowest BCUT2D eigenvalue weighted by Gasteiger charge is -2.09. The normalized spacial score (nSPS) is 11.4. The maximum atomic E-state index is 12.1. The third kappa shape index (κ3) is 2.30. The van der Waals surface area contributed by atoms with Crippen molar-refractivity contribution in [2.75, 3.05) is 10.5 Å². The van der Waals surface area contributed by atoms with Crippen molar-refractivity contribution in [3.8, 4) is 0 Å². The van der Waals surface area contributed by atoms with Gasteiger partial charge in [-0.3, -0.25) is 9.40 Å². The molecule has 2 rings (SSSR count). The van der Waals surface area contributed by atoms with E-state index in [0.717, 1.165) is 5.56 Å². The van der Waals surface area contributed by atoms with Gasteiger partial charge in [-0.25, -0.2) is 8.42 Å². The van der Waals surface area contributed by atoms with Gasteiger partial charge in [-0.05, 0) is 24.6 Å². The van der Waals surface area contributed by atoms with Crippen molar-refractivity contribution in [2.45, 2.75) is 11.8 Å².